The number of aryl methyl sites for hydroxylation is 2. The summed E-state index contributed by atoms with van der Waals surface area (Å²) < 4.78 is 12.2. The Bertz CT molecular complexity index is 650. The average Bonchev–Trinajstić information content (AvgIpc) is 2.85. The summed E-state index contributed by atoms with van der Waals surface area (Å²) in [6, 6.07) is 6.71. The average molecular weight is 289 g/mol. The van der Waals surface area contributed by atoms with Crippen LogP contribution in [0.15, 0.2) is 24.3 Å². The van der Waals surface area contributed by atoms with Crippen molar-refractivity contribution in [2.24, 2.45) is 0 Å². The summed E-state index contributed by atoms with van der Waals surface area (Å²) in [5, 5.41) is 4.31. The largest absolute Gasteiger partial charge is 0.495 e. The summed E-state index contributed by atoms with van der Waals surface area (Å²) in [7, 11) is 1.50. The highest BCUT2D eigenvalue weighted by Crippen LogP contribution is 2.22. The highest BCUT2D eigenvalue weighted by Gasteiger charge is 2.12. The number of ether oxygens (including phenoxy) is 2. The highest BCUT2D eigenvalue weighted by atomic mass is 16.5. The molecule has 1 aromatic heterocycles. The van der Waals surface area contributed by atoms with Crippen LogP contribution in [-0.4, -0.2) is 22.9 Å². The molecule has 2 aromatic rings. The van der Waals surface area contributed by atoms with E-state index in [1.807, 2.05) is 24.6 Å². The molecule has 0 aliphatic heterocycles. The molecule has 0 unspecified atom stereocenters. The van der Waals surface area contributed by atoms with E-state index < -0.39 is 5.97 Å². The monoisotopic (exact) mass is 289 g/mol. The molecule has 0 saturated heterocycles. The van der Waals surface area contributed by atoms with Crippen LogP contribution >= 0.6 is 0 Å². The molecule has 0 saturated carbocycles. The predicted molar refractivity (Wildman–Crippen MR) is 79.2 cm³/mol. The summed E-state index contributed by atoms with van der Waals surface area (Å²) in [6.07, 6.45) is 0. The van der Waals surface area contributed by atoms with Gasteiger partial charge in [0, 0.05) is 6.54 Å². The molecule has 0 aliphatic rings. The molecule has 1 aromatic carbocycles. The minimum atomic E-state index is -0.421. The lowest BCUT2D eigenvalue weighted by atomic mass is 10.2. The van der Waals surface area contributed by atoms with Gasteiger partial charge in [-0.05, 0) is 38.1 Å². The standard InChI is InChI=1S/C15H19N3O3/c1-4-18-12(7-10(2)17-18)9-21-15(19)11-5-6-13(16)14(8-11)20-3/h5-8H,4,9,16H2,1-3H3. The molecule has 6 heteroatoms. The fraction of sp³-hybridized carbons (Fsp3) is 0.333. The zero-order valence-corrected chi connectivity index (χ0v) is 12.4. The van der Waals surface area contributed by atoms with Crippen LogP contribution < -0.4 is 10.5 Å². The summed E-state index contributed by atoms with van der Waals surface area (Å²) in [5.41, 5.74) is 8.37. The van der Waals surface area contributed by atoms with Gasteiger partial charge >= 0.3 is 5.97 Å². The van der Waals surface area contributed by atoms with Gasteiger partial charge in [0.2, 0.25) is 0 Å². The summed E-state index contributed by atoms with van der Waals surface area (Å²) in [4.78, 5) is 12.1. The van der Waals surface area contributed by atoms with E-state index in [2.05, 4.69) is 5.10 Å². The van der Waals surface area contributed by atoms with Gasteiger partial charge in [-0.1, -0.05) is 0 Å². The Hall–Kier alpha value is -2.50. The van der Waals surface area contributed by atoms with Crippen LogP contribution in [0.4, 0.5) is 5.69 Å². The molecule has 0 amide bonds. The van der Waals surface area contributed by atoms with Gasteiger partial charge in [-0.2, -0.15) is 5.10 Å². The first-order valence-corrected chi connectivity index (χ1v) is 6.69. The molecule has 21 heavy (non-hydrogen) atoms. The Kier molecular flexibility index (Phi) is 4.47. The minimum absolute atomic E-state index is 0.181. The Balaban J connectivity index is 2.08. The Morgan fingerprint density at radius 2 is 2.14 bits per heavy atom. The van der Waals surface area contributed by atoms with Crippen molar-refractivity contribution in [3.8, 4) is 5.75 Å². The number of esters is 1. The normalized spacial score (nSPS) is 10.4. The molecular weight excluding hydrogens is 270 g/mol. The maximum atomic E-state index is 12.1. The lowest BCUT2D eigenvalue weighted by Crippen LogP contribution is -2.09. The SMILES string of the molecule is CCn1nc(C)cc1COC(=O)c1ccc(N)c(OC)c1. The van der Waals surface area contributed by atoms with Gasteiger partial charge in [0.25, 0.3) is 0 Å². The third kappa shape index (κ3) is 3.34. The van der Waals surface area contributed by atoms with Crippen LogP contribution in [0, 0.1) is 6.92 Å². The maximum Gasteiger partial charge on any atom is 0.338 e. The Morgan fingerprint density at radius 3 is 2.81 bits per heavy atom. The predicted octanol–water partition coefficient (Wildman–Crippen LogP) is 2.16. The van der Waals surface area contributed by atoms with E-state index in [-0.39, 0.29) is 6.61 Å². The van der Waals surface area contributed by atoms with E-state index in [0.29, 0.717) is 17.0 Å². The van der Waals surface area contributed by atoms with E-state index in [0.717, 1.165) is 17.9 Å². The fourth-order valence-electron chi connectivity index (χ4n) is 2.05. The fourth-order valence-corrected chi connectivity index (χ4v) is 2.05. The van der Waals surface area contributed by atoms with Crippen molar-refractivity contribution in [3.05, 3.63) is 41.2 Å². The van der Waals surface area contributed by atoms with Gasteiger partial charge in [-0.25, -0.2) is 4.79 Å². The van der Waals surface area contributed by atoms with E-state index in [4.69, 9.17) is 15.2 Å². The molecule has 0 spiro atoms. The van der Waals surface area contributed by atoms with Crippen LogP contribution in [0.5, 0.6) is 5.75 Å². The number of nitrogens with two attached hydrogens (primary N) is 1. The summed E-state index contributed by atoms with van der Waals surface area (Å²) in [5.74, 6) is 0.0358. The third-order valence-corrected chi connectivity index (χ3v) is 3.11. The number of aromatic nitrogens is 2. The minimum Gasteiger partial charge on any atom is -0.495 e. The Morgan fingerprint density at radius 1 is 1.38 bits per heavy atom. The van der Waals surface area contributed by atoms with Gasteiger partial charge in [0.1, 0.15) is 12.4 Å². The molecule has 0 fully saturated rings. The first-order valence-electron chi connectivity index (χ1n) is 6.69. The van der Waals surface area contributed by atoms with Crippen molar-refractivity contribution in [1.29, 1.82) is 0 Å². The van der Waals surface area contributed by atoms with Crippen molar-refractivity contribution >= 4 is 11.7 Å². The number of rotatable bonds is 5. The van der Waals surface area contributed by atoms with Crippen LogP contribution in [0.2, 0.25) is 0 Å². The highest BCUT2D eigenvalue weighted by molar-refractivity contribution is 5.90. The first-order chi connectivity index (χ1) is 10.0. The molecule has 1 heterocycles. The van der Waals surface area contributed by atoms with Gasteiger partial charge in [0.15, 0.2) is 0 Å². The molecule has 0 bridgehead atoms. The van der Waals surface area contributed by atoms with E-state index in [9.17, 15) is 4.79 Å². The molecule has 2 N–H and O–H groups in total. The van der Waals surface area contributed by atoms with Crippen LogP contribution in [0.25, 0.3) is 0 Å². The number of nitrogens with zero attached hydrogens (tertiary/aromatic N) is 2. The first kappa shape index (κ1) is 14.9. The van der Waals surface area contributed by atoms with Gasteiger partial charge in [-0.3, -0.25) is 4.68 Å². The second-order valence-corrected chi connectivity index (χ2v) is 4.63. The molecule has 0 atom stereocenters. The number of carbonyl (C=O) groups is 1. The van der Waals surface area contributed by atoms with Gasteiger partial charge < -0.3 is 15.2 Å². The van der Waals surface area contributed by atoms with Crippen LogP contribution in [-0.2, 0) is 17.9 Å². The lowest BCUT2D eigenvalue weighted by molar-refractivity contribution is 0.0462. The van der Waals surface area contributed by atoms with Crippen molar-refractivity contribution in [2.75, 3.05) is 12.8 Å². The zero-order valence-electron chi connectivity index (χ0n) is 12.4. The third-order valence-electron chi connectivity index (χ3n) is 3.11. The lowest BCUT2D eigenvalue weighted by Gasteiger charge is -2.09. The number of methoxy groups -OCH3 is 1. The molecule has 112 valence electrons. The van der Waals surface area contributed by atoms with Crippen LogP contribution in [0.1, 0.15) is 28.7 Å². The molecular formula is C15H19N3O3. The number of hydrogen-bond acceptors (Lipinski definition) is 5. The van der Waals surface area contributed by atoms with Crippen molar-refractivity contribution in [2.45, 2.75) is 27.0 Å². The molecule has 0 radical (unpaired) electrons. The second kappa shape index (κ2) is 6.30. The second-order valence-electron chi connectivity index (χ2n) is 4.63. The zero-order chi connectivity index (χ0) is 15.4. The van der Waals surface area contributed by atoms with E-state index in [1.54, 1.807) is 18.2 Å². The number of nitrogen functional groups attached to an aromatic ring is 1. The topological polar surface area (TPSA) is 79.4 Å². The maximum absolute atomic E-state index is 12.1. The molecule has 6 nitrogen and oxygen atoms in total. The Labute approximate surface area is 123 Å². The van der Waals surface area contributed by atoms with E-state index in [1.165, 1.54) is 7.11 Å². The number of hydrogen-bond donors (Lipinski definition) is 1. The molecule has 2 rings (SSSR count). The van der Waals surface area contributed by atoms with Gasteiger partial charge in [-0.15, -0.1) is 0 Å². The van der Waals surface area contributed by atoms with E-state index >= 15 is 0 Å². The van der Waals surface area contributed by atoms with Crippen LogP contribution in [0.3, 0.4) is 0 Å². The summed E-state index contributed by atoms with van der Waals surface area (Å²) >= 11 is 0. The van der Waals surface area contributed by atoms with Gasteiger partial charge in [0.05, 0.1) is 29.7 Å². The van der Waals surface area contributed by atoms with Crippen molar-refractivity contribution in [1.82, 2.24) is 9.78 Å². The molecule has 0 aliphatic carbocycles. The number of benzene rings is 1. The summed E-state index contributed by atoms with van der Waals surface area (Å²) in [6.45, 7) is 4.81. The number of carbonyl (C=O) groups excluding carboxylic acids is 1. The smallest absolute Gasteiger partial charge is 0.338 e. The van der Waals surface area contributed by atoms with Crippen molar-refractivity contribution in [3.63, 3.8) is 0 Å². The van der Waals surface area contributed by atoms with Crippen molar-refractivity contribution < 1.29 is 14.3 Å². The quantitative estimate of drug-likeness (QED) is 0.674. The number of anilines is 1.